The van der Waals surface area contributed by atoms with Crippen molar-refractivity contribution in [3.05, 3.63) is 71.5 Å². The van der Waals surface area contributed by atoms with E-state index in [1.165, 1.54) is 12.1 Å². The first kappa shape index (κ1) is 17.6. The van der Waals surface area contributed by atoms with Gasteiger partial charge in [0.2, 0.25) is 5.91 Å². The maximum absolute atomic E-state index is 13.4. The lowest BCUT2D eigenvalue weighted by molar-refractivity contribution is -0.133. The molecule has 25 heavy (non-hydrogen) atoms. The molecule has 1 heterocycles. The van der Waals surface area contributed by atoms with Gasteiger partial charge in [0.05, 0.1) is 6.04 Å². The third-order valence-corrected chi connectivity index (χ3v) is 4.57. The van der Waals surface area contributed by atoms with Crippen LogP contribution in [0.15, 0.2) is 54.6 Å². The lowest BCUT2D eigenvalue weighted by Crippen LogP contribution is -2.35. The summed E-state index contributed by atoms with van der Waals surface area (Å²) < 4.78 is 19.6. The standard InChI is InChI=1S/C21H24FNO2/c1-2-15-25-21(17-10-12-18(22)13-11-17)20(16-7-4-3-5-8-16)23-14-6-9-19(23)24/h3-5,7-8,10-13,20-21H,2,6,9,14-15H2,1H3/t20-,21-/m1/s1. The minimum absolute atomic E-state index is 0.154. The molecule has 1 fully saturated rings. The number of hydrogen-bond acceptors (Lipinski definition) is 2. The molecule has 0 bridgehead atoms. The van der Waals surface area contributed by atoms with E-state index in [0.717, 1.165) is 30.5 Å². The monoisotopic (exact) mass is 341 g/mol. The van der Waals surface area contributed by atoms with Gasteiger partial charge in [-0.25, -0.2) is 4.39 Å². The Hall–Kier alpha value is -2.20. The van der Waals surface area contributed by atoms with Crippen LogP contribution in [0.4, 0.5) is 4.39 Å². The average Bonchev–Trinajstić information content (AvgIpc) is 3.06. The number of hydrogen-bond donors (Lipinski definition) is 0. The van der Waals surface area contributed by atoms with E-state index in [1.807, 2.05) is 35.2 Å². The summed E-state index contributed by atoms with van der Waals surface area (Å²) in [6, 6.07) is 16.2. The van der Waals surface area contributed by atoms with Crippen molar-refractivity contribution in [3.63, 3.8) is 0 Å². The van der Waals surface area contributed by atoms with Crippen LogP contribution in [0.2, 0.25) is 0 Å². The lowest BCUT2D eigenvalue weighted by Gasteiger charge is -2.35. The fourth-order valence-electron chi connectivity index (χ4n) is 3.40. The van der Waals surface area contributed by atoms with Gasteiger partial charge in [-0.3, -0.25) is 4.79 Å². The zero-order valence-corrected chi connectivity index (χ0v) is 14.5. The molecule has 0 aliphatic carbocycles. The normalized spacial score (nSPS) is 16.9. The summed E-state index contributed by atoms with van der Waals surface area (Å²) in [7, 11) is 0. The van der Waals surface area contributed by atoms with E-state index < -0.39 is 0 Å². The van der Waals surface area contributed by atoms with Gasteiger partial charge in [-0.2, -0.15) is 0 Å². The van der Waals surface area contributed by atoms with Crippen molar-refractivity contribution in [2.75, 3.05) is 13.2 Å². The minimum atomic E-state index is -0.315. The Balaban J connectivity index is 2.02. The third-order valence-electron chi connectivity index (χ3n) is 4.57. The number of rotatable bonds is 7. The Kier molecular flexibility index (Phi) is 5.82. The molecule has 1 aliphatic heterocycles. The Morgan fingerprint density at radius 3 is 2.40 bits per heavy atom. The Bertz CT molecular complexity index is 687. The first-order chi connectivity index (χ1) is 12.2. The maximum atomic E-state index is 13.4. The molecule has 0 unspecified atom stereocenters. The molecule has 132 valence electrons. The van der Waals surface area contributed by atoms with Crippen molar-refractivity contribution in [1.29, 1.82) is 0 Å². The van der Waals surface area contributed by atoms with Crippen LogP contribution in [0.5, 0.6) is 0 Å². The molecule has 0 N–H and O–H groups in total. The first-order valence-electron chi connectivity index (χ1n) is 8.92. The van der Waals surface area contributed by atoms with E-state index in [4.69, 9.17) is 4.74 Å². The zero-order valence-electron chi connectivity index (χ0n) is 14.5. The lowest BCUT2D eigenvalue weighted by atomic mass is 9.94. The van der Waals surface area contributed by atoms with Gasteiger partial charge < -0.3 is 9.64 Å². The second-order valence-electron chi connectivity index (χ2n) is 6.39. The van der Waals surface area contributed by atoms with Gasteiger partial charge in [-0.05, 0) is 36.1 Å². The number of amides is 1. The zero-order chi connectivity index (χ0) is 17.6. The molecule has 1 aliphatic rings. The molecule has 0 saturated carbocycles. The van der Waals surface area contributed by atoms with Crippen LogP contribution in [0.3, 0.4) is 0 Å². The van der Waals surface area contributed by atoms with Gasteiger partial charge in [-0.1, -0.05) is 49.4 Å². The number of halogens is 1. The van der Waals surface area contributed by atoms with Gasteiger partial charge >= 0.3 is 0 Å². The summed E-state index contributed by atoms with van der Waals surface area (Å²) in [5, 5.41) is 0. The second kappa shape index (κ2) is 8.26. The van der Waals surface area contributed by atoms with Gasteiger partial charge in [0.15, 0.2) is 0 Å². The highest BCUT2D eigenvalue weighted by Crippen LogP contribution is 2.39. The van der Waals surface area contributed by atoms with E-state index in [0.29, 0.717) is 13.0 Å². The number of carbonyl (C=O) groups is 1. The van der Waals surface area contributed by atoms with Crippen LogP contribution in [0, 0.1) is 5.82 Å². The topological polar surface area (TPSA) is 29.5 Å². The molecule has 4 heteroatoms. The molecular formula is C21H24FNO2. The van der Waals surface area contributed by atoms with Gasteiger partial charge in [-0.15, -0.1) is 0 Å². The molecule has 0 spiro atoms. The van der Waals surface area contributed by atoms with Crippen LogP contribution in [0.1, 0.15) is 49.5 Å². The molecule has 2 aromatic carbocycles. The quantitative estimate of drug-likeness (QED) is 0.733. The number of carbonyl (C=O) groups excluding carboxylic acids is 1. The van der Waals surface area contributed by atoms with Crippen LogP contribution < -0.4 is 0 Å². The Morgan fingerprint density at radius 1 is 1.08 bits per heavy atom. The van der Waals surface area contributed by atoms with Crippen molar-refractivity contribution in [3.8, 4) is 0 Å². The minimum Gasteiger partial charge on any atom is -0.371 e. The average molecular weight is 341 g/mol. The van der Waals surface area contributed by atoms with Crippen LogP contribution in [-0.2, 0) is 9.53 Å². The molecule has 2 aromatic rings. The van der Waals surface area contributed by atoms with Gasteiger partial charge in [0, 0.05) is 19.6 Å². The summed E-state index contributed by atoms with van der Waals surface area (Å²) in [4.78, 5) is 14.4. The van der Waals surface area contributed by atoms with Gasteiger partial charge in [0.25, 0.3) is 0 Å². The van der Waals surface area contributed by atoms with Crippen molar-refractivity contribution in [2.24, 2.45) is 0 Å². The van der Waals surface area contributed by atoms with Gasteiger partial charge in [0.1, 0.15) is 11.9 Å². The van der Waals surface area contributed by atoms with Crippen LogP contribution >= 0.6 is 0 Å². The fraction of sp³-hybridized carbons (Fsp3) is 0.381. The van der Waals surface area contributed by atoms with E-state index >= 15 is 0 Å². The van der Waals surface area contributed by atoms with Crippen molar-refractivity contribution in [2.45, 2.75) is 38.3 Å². The third kappa shape index (κ3) is 4.07. The second-order valence-corrected chi connectivity index (χ2v) is 6.39. The SMILES string of the molecule is CCCO[C@H](c1ccc(F)cc1)[C@@H](c1ccccc1)N1CCCC1=O. The summed E-state index contributed by atoms with van der Waals surface area (Å²) in [5.41, 5.74) is 1.94. The smallest absolute Gasteiger partial charge is 0.223 e. The Labute approximate surface area is 148 Å². The summed E-state index contributed by atoms with van der Waals surface area (Å²) in [6.07, 6.45) is 2.01. The molecule has 0 radical (unpaired) electrons. The van der Waals surface area contributed by atoms with Crippen LogP contribution in [0.25, 0.3) is 0 Å². The van der Waals surface area contributed by atoms with E-state index in [-0.39, 0.29) is 23.9 Å². The van der Waals surface area contributed by atoms with Crippen molar-refractivity contribution >= 4 is 5.91 Å². The van der Waals surface area contributed by atoms with E-state index in [2.05, 4.69) is 6.92 Å². The molecule has 1 saturated heterocycles. The summed E-state index contributed by atoms with van der Waals surface area (Å²) in [5.74, 6) is -0.118. The number of ether oxygens (including phenoxy) is 1. The number of likely N-dealkylation sites (tertiary alicyclic amines) is 1. The van der Waals surface area contributed by atoms with Crippen molar-refractivity contribution in [1.82, 2.24) is 4.90 Å². The number of nitrogens with zero attached hydrogens (tertiary/aromatic N) is 1. The summed E-state index contributed by atoms with van der Waals surface area (Å²) >= 11 is 0. The number of benzene rings is 2. The highest BCUT2D eigenvalue weighted by Gasteiger charge is 2.36. The van der Waals surface area contributed by atoms with E-state index in [1.54, 1.807) is 12.1 Å². The molecule has 1 amide bonds. The predicted octanol–water partition coefficient (Wildman–Crippen LogP) is 4.66. The molecule has 3 rings (SSSR count). The largest absolute Gasteiger partial charge is 0.371 e. The highest BCUT2D eigenvalue weighted by atomic mass is 19.1. The molecule has 3 nitrogen and oxygen atoms in total. The molecule has 2 atom stereocenters. The fourth-order valence-corrected chi connectivity index (χ4v) is 3.40. The first-order valence-corrected chi connectivity index (χ1v) is 8.92. The van der Waals surface area contributed by atoms with E-state index in [9.17, 15) is 9.18 Å². The predicted molar refractivity (Wildman–Crippen MR) is 95.5 cm³/mol. The van der Waals surface area contributed by atoms with Crippen LogP contribution in [-0.4, -0.2) is 24.0 Å². The summed E-state index contributed by atoms with van der Waals surface area (Å²) in [6.45, 7) is 3.37. The Morgan fingerprint density at radius 2 is 1.80 bits per heavy atom. The highest BCUT2D eigenvalue weighted by molar-refractivity contribution is 5.78. The van der Waals surface area contributed by atoms with Crippen molar-refractivity contribution < 1.29 is 13.9 Å². The maximum Gasteiger partial charge on any atom is 0.223 e. The molecule has 0 aromatic heterocycles. The molecular weight excluding hydrogens is 317 g/mol.